The summed E-state index contributed by atoms with van der Waals surface area (Å²) in [5.41, 5.74) is 0.594. The molecule has 3 rings (SSSR count). The number of non-ortho nitro benzene ring substituents is 1. The van der Waals surface area contributed by atoms with Crippen LogP contribution in [0.4, 0.5) is 11.4 Å². The first-order valence-corrected chi connectivity index (χ1v) is 10.2. The maximum Gasteiger partial charge on any atom is 0.269 e. The molecule has 0 bridgehead atoms. The number of ether oxygens (including phenoxy) is 1. The van der Waals surface area contributed by atoms with E-state index in [9.17, 15) is 24.8 Å². The van der Waals surface area contributed by atoms with Gasteiger partial charge in [0.15, 0.2) is 5.78 Å². The van der Waals surface area contributed by atoms with Gasteiger partial charge < -0.3 is 15.2 Å². The van der Waals surface area contributed by atoms with E-state index in [0.717, 1.165) is 0 Å². The van der Waals surface area contributed by atoms with Crippen molar-refractivity contribution in [1.82, 2.24) is 0 Å². The fourth-order valence-corrected chi connectivity index (χ4v) is 4.50. The number of methoxy groups -OCH3 is 1. The summed E-state index contributed by atoms with van der Waals surface area (Å²) >= 11 is 0. The summed E-state index contributed by atoms with van der Waals surface area (Å²) in [6.45, 7) is 4.38. The molecule has 168 valence electrons. The Morgan fingerprint density at radius 2 is 1.72 bits per heavy atom. The number of anilines is 1. The van der Waals surface area contributed by atoms with Gasteiger partial charge in [-0.2, -0.15) is 0 Å². The molecule has 0 heterocycles. The molecule has 0 spiro atoms. The van der Waals surface area contributed by atoms with Crippen LogP contribution in [-0.2, 0) is 9.59 Å². The molecule has 0 amide bonds. The predicted octanol–water partition coefficient (Wildman–Crippen LogP) is 4.00. The number of nitro groups is 1. The van der Waals surface area contributed by atoms with Gasteiger partial charge in [-0.25, -0.2) is 0 Å². The highest BCUT2D eigenvalue weighted by molar-refractivity contribution is 5.98. The molecule has 0 saturated carbocycles. The number of benzene rings is 2. The predicted molar refractivity (Wildman–Crippen MR) is 120 cm³/mol. The Kier molecular flexibility index (Phi) is 6.45. The van der Waals surface area contributed by atoms with Gasteiger partial charge in [0, 0.05) is 41.4 Å². The number of Topliss-reactive ketones (excluding diaryl/α,β-unsaturated/α-hetero) is 2. The molecule has 2 aromatic carbocycles. The van der Waals surface area contributed by atoms with Crippen molar-refractivity contribution in [2.24, 2.45) is 5.92 Å². The van der Waals surface area contributed by atoms with E-state index in [2.05, 4.69) is 5.32 Å². The quantitative estimate of drug-likeness (QED) is 0.495. The first-order chi connectivity index (χ1) is 15.0. The van der Waals surface area contributed by atoms with Crippen molar-refractivity contribution in [1.29, 1.82) is 0 Å². The van der Waals surface area contributed by atoms with Crippen LogP contribution in [0.1, 0.15) is 38.7 Å². The van der Waals surface area contributed by atoms with Crippen molar-refractivity contribution in [2.75, 3.05) is 12.4 Å². The molecule has 3 atom stereocenters. The number of aliphatic hydroxyl groups is 1. The third-order valence-corrected chi connectivity index (χ3v) is 5.84. The molecule has 32 heavy (non-hydrogen) atoms. The number of nitrogens with one attached hydrogen (secondary N) is 1. The molecule has 1 aliphatic carbocycles. The van der Waals surface area contributed by atoms with E-state index in [1.807, 2.05) is 0 Å². The maximum absolute atomic E-state index is 12.8. The largest absolute Gasteiger partial charge is 0.497 e. The van der Waals surface area contributed by atoms with E-state index in [1.165, 1.54) is 38.1 Å². The number of ketones is 2. The SMILES string of the molecule is COc1ccc(NC2=C(C(C)=O)[C@H](c3ccc([N+](=O)[O-])cc3)[C@@H](C(C)=O)[C@](C)(O)C2)cc1. The molecule has 0 aromatic heterocycles. The smallest absolute Gasteiger partial charge is 0.269 e. The van der Waals surface area contributed by atoms with Gasteiger partial charge >= 0.3 is 0 Å². The molecular weight excluding hydrogens is 412 g/mol. The summed E-state index contributed by atoms with van der Waals surface area (Å²) in [6.07, 6.45) is 0.0711. The van der Waals surface area contributed by atoms with Crippen LogP contribution in [-0.4, -0.2) is 34.3 Å². The van der Waals surface area contributed by atoms with Crippen LogP contribution in [0.15, 0.2) is 59.8 Å². The molecule has 0 saturated heterocycles. The summed E-state index contributed by atoms with van der Waals surface area (Å²) < 4.78 is 5.17. The molecule has 8 nitrogen and oxygen atoms in total. The van der Waals surface area contributed by atoms with Gasteiger partial charge in [0.1, 0.15) is 11.5 Å². The lowest BCUT2D eigenvalue weighted by atomic mass is 9.64. The van der Waals surface area contributed by atoms with Gasteiger partial charge in [0.2, 0.25) is 0 Å². The van der Waals surface area contributed by atoms with E-state index < -0.39 is 22.4 Å². The fraction of sp³-hybridized carbons (Fsp3) is 0.333. The topological polar surface area (TPSA) is 119 Å². The van der Waals surface area contributed by atoms with Crippen molar-refractivity contribution in [2.45, 2.75) is 38.7 Å². The molecular formula is C24H26N2O6. The first-order valence-electron chi connectivity index (χ1n) is 10.2. The molecule has 2 N–H and O–H groups in total. The number of hydrogen-bond donors (Lipinski definition) is 2. The average molecular weight is 438 g/mol. The lowest BCUT2D eigenvalue weighted by Crippen LogP contribution is -2.48. The Morgan fingerprint density at radius 1 is 1.12 bits per heavy atom. The van der Waals surface area contributed by atoms with Crippen molar-refractivity contribution in [3.05, 3.63) is 75.5 Å². The monoisotopic (exact) mass is 438 g/mol. The zero-order chi connectivity index (χ0) is 23.6. The zero-order valence-electron chi connectivity index (χ0n) is 18.4. The second-order valence-electron chi connectivity index (χ2n) is 8.25. The van der Waals surface area contributed by atoms with Crippen molar-refractivity contribution in [3.8, 4) is 5.75 Å². The summed E-state index contributed by atoms with van der Waals surface area (Å²) in [7, 11) is 1.56. The minimum Gasteiger partial charge on any atom is -0.497 e. The number of allylic oxidation sites excluding steroid dienone is 1. The molecule has 2 aromatic rings. The number of nitro benzene ring substituents is 1. The van der Waals surface area contributed by atoms with Crippen LogP contribution >= 0.6 is 0 Å². The van der Waals surface area contributed by atoms with Crippen LogP contribution in [0.5, 0.6) is 5.75 Å². The van der Waals surface area contributed by atoms with Crippen LogP contribution in [0.3, 0.4) is 0 Å². The van der Waals surface area contributed by atoms with Crippen molar-refractivity contribution in [3.63, 3.8) is 0 Å². The minimum atomic E-state index is -1.44. The average Bonchev–Trinajstić information content (AvgIpc) is 2.72. The van der Waals surface area contributed by atoms with Gasteiger partial charge in [0.25, 0.3) is 5.69 Å². The Balaban J connectivity index is 2.16. The number of nitrogens with zero attached hydrogens (tertiary/aromatic N) is 1. The Hall–Kier alpha value is -3.52. The number of carbonyl (C=O) groups excluding carboxylic acids is 2. The van der Waals surface area contributed by atoms with Gasteiger partial charge in [-0.3, -0.25) is 19.7 Å². The van der Waals surface area contributed by atoms with E-state index in [4.69, 9.17) is 4.74 Å². The second-order valence-corrected chi connectivity index (χ2v) is 8.25. The number of carbonyl (C=O) groups is 2. The van der Waals surface area contributed by atoms with Gasteiger partial charge in [-0.1, -0.05) is 12.1 Å². The lowest BCUT2D eigenvalue weighted by Gasteiger charge is -2.43. The van der Waals surface area contributed by atoms with Gasteiger partial charge in [-0.05, 0) is 50.6 Å². The highest BCUT2D eigenvalue weighted by Gasteiger charge is 2.49. The highest BCUT2D eigenvalue weighted by atomic mass is 16.6. The van der Waals surface area contributed by atoms with Gasteiger partial charge in [-0.15, -0.1) is 0 Å². The summed E-state index contributed by atoms with van der Waals surface area (Å²) in [5.74, 6) is -1.47. The normalized spacial score (nSPS) is 22.9. The molecule has 0 aliphatic heterocycles. The van der Waals surface area contributed by atoms with Crippen LogP contribution in [0, 0.1) is 16.0 Å². The summed E-state index contributed by atoms with van der Waals surface area (Å²) in [4.78, 5) is 36.0. The molecule has 0 fully saturated rings. The lowest BCUT2D eigenvalue weighted by molar-refractivity contribution is -0.384. The Bertz CT molecular complexity index is 1070. The van der Waals surface area contributed by atoms with E-state index in [-0.39, 0.29) is 23.7 Å². The van der Waals surface area contributed by atoms with E-state index >= 15 is 0 Å². The second kappa shape index (κ2) is 8.92. The third-order valence-electron chi connectivity index (χ3n) is 5.84. The number of rotatable bonds is 7. The fourth-order valence-electron chi connectivity index (χ4n) is 4.50. The van der Waals surface area contributed by atoms with Crippen LogP contribution < -0.4 is 10.1 Å². The van der Waals surface area contributed by atoms with Crippen LogP contribution in [0.2, 0.25) is 0 Å². The molecule has 1 aliphatic rings. The Morgan fingerprint density at radius 3 is 2.19 bits per heavy atom. The maximum atomic E-state index is 12.8. The van der Waals surface area contributed by atoms with Crippen molar-refractivity contribution >= 4 is 22.9 Å². The summed E-state index contributed by atoms with van der Waals surface area (Å²) in [5, 5.41) is 25.6. The van der Waals surface area contributed by atoms with E-state index in [1.54, 1.807) is 38.3 Å². The number of hydrogen-bond acceptors (Lipinski definition) is 7. The van der Waals surface area contributed by atoms with Crippen LogP contribution in [0.25, 0.3) is 0 Å². The molecule has 0 unspecified atom stereocenters. The Labute approximate surface area is 186 Å². The summed E-state index contributed by atoms with van der Waals surface area (Å²) in [6, 6.07) is 12.9. The molecule has 8 heteroatoms. The van der Waals surface area contributed by atoms with Gasteiger partial charge in [0.05, 0.1) is 23.6 Å². The minimum absolute atomic E-state index is 0.0711. The first kappa shape index (κ1) is 23.1. The van der Waals surface area contributed by atoms with Crippen molar-refractivity contribution < 1.29 is 24.4 Å². The highest BCUT2D eigenvalue weighted by Crippen LogP contribution is 2.48. The zero-order valence-corrected chi connectivity index (χ0v) is 18.4. The van der Waals surface area contributed by atoms with E-state index in [0.29, 0.717) is 28.3 Å². The standard InChI is InChI=1S/C24H26N2O6/c1-14(27)21-20(25-17-7-11-19(32-4)12-8-17)13-24(3,29)23(15(2)28)22(21)16-5-9-18(10-6-16)26(30)31/h5-12,22-23,25,29H,13H2,1-4H3/t22-,23+,24+/m0/s1. The third kappa shape index (κ3) is 4.55. The molecule has 0 radical (unpaired) electrons.